The lowest BCUT2D eigenvalue weighted by Gasteiger charge is -2.27. The van der Waals surface area contributed by atoms with Crippen LogP contribution in [0.25, 0.3) is 0 Å². The monoisotopic (exact) mass is 1030 g/mol. The van der Waals surface area contributed by atoms with Gasteiger partial charge in [-0.3, -0.25) is 48.3 Å². The number of rotatable bonds is 34. The number of thiol groups is 1. The molecule has 0 aromatic carbocycles. The standard InChI is InChI=1S/C41H73N17O10S2/c1-6-22(4)32(58-33(61)24(42)15-23-16-47-20-52-23)38(66)55-27(11-14-70-5)35(63)51-17-29(59)53-25(9-7-12-48-40(43)44)34(62)50-18-30(60)54-26(10-8-13-49-41(45)46)36(64)56-28(19-69)37(65)57-31(21(2)3)39(67)68/h16,20-22,24-28,31-32,69H,6-15,17-19,42H2,1-5H3,(H,47,52)(H,50,62)(H,51,63)(H,53,59)(H,54,60)(H,55,66)(H,56,64)(H,57,65)(H,58,61)(H,67,68)(H4,43,44,48)(H4,45,46,49)/t22-,24-,25-,26-,27-,28-,31-,32-/m0/s1. The Morgan fingerprint density at radius 3 is 1.63 bits per heavy atom. The fraction of sp³-hybridized carbons (Fsp3) is 0.659. The molecule has 0 saturated heterocycles. The van der Waals surface area contributed by atoms with Crippen molar-refractivity contribution in [3.8, 4) is 0 Å². The molecule has 0 aliphatic carbocycles. The molecule has 1 aromatic rings. The van der Waals surface area contributed by atoms with Crippen LogP contribution in [0.2, 0.25) is 0 Å². The zero-order chi connectivity index (χ0) is 52.9. The van der Waals surface area contributed by atoms with E-state index in [2.05, 4.69) is 75.1 Å². The molecule has 29 heteroatoms. The highest BCUT2D eigenvalue weighted by molar-refractivity contribution is 7.98. The average Bonchev–Trinajstić information content (AvgIpc) is 3.82. The maximum Gasteiger partial charge on any atom is 0.326 e. The molecular formula is C41H73N17O10S2. The van der Waals surface area contributed by atoms with E-state index in [1.165, 1.54) is 24.3 Å². The van der Waals surface area contributed by atoms with E-state index in [1.54, 1.807) is 27.0 Å². The molecule has 0 spiro atoms. The molecule has 0 saturated carbocycles. The number of hydrogen-bond donors (Lipinski definition) is 16. The normalized spacial score (nSPS) is 14.3. The van der Waals surface area contributed by atoms with Crippen LogP contribution in [0.1, 0.15) is 71.9 Å². The second-order valence-corrected chi connectivity index (χ2v) is 17.8. The first-order valence-corrected chi connectivity index (χ1v) is 24.6. The third kappa shape index (κ3) is 24.3. The van der Waals surface area contributed by atoms with Crippen LogP contribution in [0.15, 0.2) is 22.5 Å². The highest BCUT2D eigenvalue weighted by Gasteiger charge is 2.33. The van der Waals surface area contributed by atoms with E-state index in [0.717, 1.165) is 0 Å². The Kier molecular flexibility index (Phi) is 29.3. The van der Waals surface area contributed by atoms with Gasteiger partial charge < -0.3 is 81.3 Å². The van der Waals surface area contributed by atoms with Gasteiger partial charge in [0.25, 0.3) is 0 Å². The molecule has 394 valence electrons. The van der Waals surface area contributed by atoms with Crippen LogP contribution in [0.5, 0.6) is 0 Å². The first-order chi connectivity index (χ1) is 33.0. The zero-order valence-electron chi connectivity index (χ0n) is 40.2. The van der Waals surface area contributed by atoms with E-state index in [-0.39, 0.29) is 75.2 Å². The largest absolute Gasteiger partial charge is 0.480 e. The molecule has 0 unspecified atom stereocenters. The number of aromatic nitrogens is 2. The summed E-state index contributed by atoms with van der Waals surface area (Å²) in [6, 6.07) is -8.32. The lowest BCUT2D eigenvalue weighted by molar-refractivity contribution is -0.143. The maximum atomic E-state index is 13.6. The number of H-pyrrole nitrogens is 1. The van der Waals surface area contributed by atoms with Gasteiger partial charge in [0.05, 0.1) is 25.5 Å². The minimum atomic E-state index is -1.30. The third-order valence-corrected chi connectivity index (χ3v) is 11.5. The van der Waals surface area contributed by atoms with Crippen LogP contribution in [-0.4, -0.2) is 166 Å². The van der Waals surface area contributed by atoms with Crippen molar-refractivity contribution in [1.82, 2.24) is 52.5 Å². The summed E-state index contributed by atoms with van der Waals surface area (Å²) < 4.78 is 0. The summed E-state index contributed by atoms with van der Waals surface area (Å²) >= 11 is 5.54. The highest BCUT2D eigenvalue weighted by atomic mass is 32.2. The van der Waals surface area contributed by atoms with E-state index in [4.69, 9.17) is 28.7 Å². The molecule has 0 fully saturated rings. The Bertz CT molecular complexity index is 1930. The van der Waals surface area contributed by atoms with Gasteiger partial charge in [-0.2, -0.15) is 24.4 Å². The average molecular weight is 1030 g/mol. The molecule has 27 nitrogen and oxygen atoms in total. The molecule has 0 aliphatic heterocycles. The molecule has 0 bridgehead atoms. The highest BCUT2D eigenvalue weighted by Crippen LogP contribution is 2.11. The Balaban J connectivity index is 3.11. The number of hydrogen-bond acceptors (Lipinski definition) is 15. The number of carboxylic acids is 1. The van der Waals surface area contributed by atoms with Crippen LogP contribution in [-0.2, 0) is 49.6 Å². The van der Waals surface area contributed by atoms with E-state index in [9.17, 15) is 48.3 Å². The number of nitrogens with one attached hydrogen (secondary N) is 9. The second-order valence-electron chi connectivity index (χ2n) is 16.5. The van der Waals surface area contributed by atoms with Gasteiger partial charge in [-0.15, -0.1) is 0 Å². The van der Waals surface area contributed by atoms with Crippen molar-refractivity contribution < 1.29 is 48.3 Å². The van der Waals surface area contributed by atoms with Gasteiger partial charge in [0.1, 0.15) is 36.3 Å². The van der Waals surface area contributed by atoms with Crippen LogP contribution >= 0.6 is 24.4 Å². The number of nitrogens with zero attached hydrogens (tertiary/aromatic N) is 3. The van der Waals surface area contributed by atoms with Gasteiger partial charge in [-0.05, 0) is 55.9 Å². The van der Waals surface area contributed by atoms with Gasteiger partial charge in [-0.1, -0.05) is 34.1 Å². The minimum Gasteiger partial charge on any atom is -0.480 e. The number of imidazole rings is 1. The van der Waals surface area contributed by atoms with Gasteiger partial charge in [0.15, 0.2) is 11.9 Å². The lowest BCUT2D eigenvalue weighted by atomic mass is 9.97. The van der Waals surface area contributed by atoms with Crippen molar-refractivity contribution in [3.63, 3.8) is 0 Å². The lowest BCUT2D eigenvalue weighted by Crippen LogP contribution is -2.58. The molecule has 0 radical (unpaired) electrons. The van der Waals surface area contributed by atoms with Crippen molar-refractivity contribution in [1.29, 1.82) is 0 Å². The summed E-state index contributed by atoms with van der Waals surface area (Å²) in [5.74, 6) is -8.42. The number of aliphatic imine (C=N–C) groups is 2. The summed E-state index contributed by atoms with van der Waals surface area (Å²) in [4.78, 5) is 133. The SMILES string of the molecule is CC[C@H](C)[C@H](NC(=O)[C@@H](N)Cc1cnc[nH]1)C(=O)N[C@@H](CCSC)C(=O)NCC(=O)N[C@@H](CCCN=C(N)N)C(=O)NCC(=O)N[C@@H](CCCN=C(N)N)C(=O)N[C@@H](CS)C(=O)N[C@H](C(=O)O)C(C)C. The molecular weight excluding hydrogens is 955 g/mol. The van der Waals surface area contributed by atoms with Gasteiger partial charge >= 0.3 is 5.97 Å². The quantitative estimate of drug-likeness (QED) is 0.0133. The number of amides is 8. The number of aromatic amines is 1. The number of carboxylic acid groups (broad SMARTS) is 1. The van der Waals surface area contributed by atoms with E-state index < -0.39 is 115 Å². The summed E-state index contributed by atoms with van der Waals surface area (Å²) in [7, 11) is 0. The number of thioether (sulfide) groups is 1. The maximum absolute atomic E-state index is 13.6. The Labute approximate surface area is 416 Å². The minimum absolute atomic E-state index is 0.0346. The van der Waals surface area contributed by atoms with Crippen molar-refractivity contribution in [2.24, 2.45) is 50.5 Å². The van der Waals surface area contributed by atoms with E-state index in [1.807, 2.05) is 6.92 Å². The number of nitrogens with two attached hydrogens (primary N) is 5. The summed E-state index contributed by atoms with van der Waals surface area (Å²) in [6.07, 6.45) is 5.87. The van der Waals surface area contributed by atoms with Gasteiger partial charge in [-0.25, -0.2) is 9.78 Å². The van der Waals surface area contributed by atoms with Gasteiger partial charge in [0.2, 0.25) is 47.3 Å². The van der Waals surface area contributed by atoms with Gasteiger partial charge in [0, 0.05) is 37.2 Å². The first kappa shape index (κ1) is 61.7. The number of carbonyl (C=O) groups is 9. The molecule has 1 heterocycles. The Hall–Kier alpha value is -6.36. The number of aliphatic carboxylic acids is 1. The van der Waals surface area contributed by atoms with Crippen molar-refractivity contribution in [2.75, 3.05) is 43.9 Å². The third-order valence-electron chi connectivity index (χ3n) is 10.5. The molecule has 0 aliphatic rings. The molecule has 1 rings (SSSR count). The van der Waals surface area contributed by atoms with Crippen molar-refractivity contribution in [2.45, 2.75) is 115 Å². The molecule has 70 heavy (non-hydrogen) atoms. The summed E-state index contributed by atoms with van der Waals surface area (Å²) in [5, 5.41) is 29.6. The fourth-order valence-corrected chi connectivity index (χ4v) is 7.03. The van der Waals surface area contributed by atoms with E-state index in [0.29, 0.717) is 17.9 Å². The van der Waals surface area contributed by atoms with Crippen LogP contribution in [0, 0.1) is 11.8 Å². The van der Waals surface area contributed by atoms with Crippen LogP contribution < -0.4 is 71.2 Å². The molecule has 1 aromatic heterocycles. The summed E-state index contributed by atoms with van der Waals surface area (Å²) in [6.45, 7) is 5.59. The first-order valence-electron chi connectivity index (χ1n) is 22.6. The number of carbonyl (C=O) groups excluding carboxylic acids is 8. The Morgan fingerprint density at radius 2 is 1.19 bits per heavy atom. The van der Waals surface area contributed by atoms with Crippen LogP contribution in [0.4, 0.5) is 0 Å². The topological polar surface area (TPSA) is 454 Å². The smallest absolute Gasteiger partial charge is 0.326 e. The molecule has 8 atom stereocenters. The molecule has 8 amide bonds. The van der Waals surface area contributed by atoms with Crippen molar-refractivity contribution >= 4 is 89.5 Å². The van der Waals surface area contributed by atoms with Crippen LogP contribution in [0.3, 0.4) is 0 Å². The second kappa shape index (κ2) is 33.2. The Morgan fingerprint density at radius 1 is 0.700 bits per heavy atom. The summed E-state index contributed by atoms with van der Waals surface area (Å²) in [5.41, 5.74) is 28.4. The number of guanidine groups is 2. The van der Waals surface area contributed by atoms with E-state index >= 15 is 0 Å². The van der Waals surface area contributed by atoms with Crippen molar-refractivity contribution in [3.05, 3.63) is 18.2 Å². The predicted molar refractivity (Wildman–Crippen MR) is 266 cm³/mol. The fourth-order valence-electron chi connectivity index (χ4n) is 6.30. The predicted octanol–water partition coefficient (Wildman–Crippen LogP) is -5.00. The zero-order valence-corrected chi connectivity index (χ0v) is 42.0. The molecule has 20 N–H and O–H groups in total.